The van der Waals surface area contributed by atoms with E-state index in [0.29, 0.717) is 26.1 Å². The number of para-hydroxylation sites is 1. The molecular formula is C14H17F3N2O4S. The highest BCUT2D eigenvalue weighted by Crippen LogP contribution is 2.36. The Hall–Kier alpha value is -1.81. The van der Waals surface area contributed by atoms with Crippen LogP contribution in [0.1, 0.15) is 12.8 Å². The second kappa shape index (κ2) is 6.60. The van der Waals surface area contributed by atoms with Crippen LogP contribution in [0.15, 0.2) is 29.2 Å². The highest BCUT2D eigenvalue weighted by Gasteiger charge is 2.48. The van der Waals surface area contributed by atoms with E-state index in [2.05, 4.69) is 5.32 Å². The molecule has 134 valence electrons. The predicted molar refractivity (Wildman–Crippen MR) is 79.9 cm³/mol. The van der Waals surface area contributed by atoms with Crippen molar-refractivity contribution in [3.63, 3.8) is 0 Å². The molecule has 3 N–H and O–H groups in total. The van der Waals surface area contributed by atoms with E-state index >= 15 is 0 Å². The average Bonchev–Trinajstić information content (AvgIpc) is 2.53. The van der Waals surface area contributed by atoms with Crippen molar-refractivity contribution in [2.45, 2.75) is 23.2 Å². The molecule has 0 bridgehead atoms. The number of hydrogen-bond donors (Lipinski definition) is 2. The molecule has 1 saturated heterocycles. The van der Waals surface area contributed by atoms with Gasteiger partial charge in [-0.3, -0.25) is 4.79 Å². The van der Waals surface area contributed by atoms with E-state index in [1.165, 1.54) is 18.2 Å². The van der Waals surface area contributed by atoms with Gasteiger partial charge < -0.3 is 15.8 Å². The molecule has 0 atom stereocenters. The highest BCUT2D eigenvalue weighted by atomic mass is 32.2. The fourth-order valence-corrected chi connectivity index (χ4v) is 3.45. The van der Waals surface area contributed by atoms with Crippen molar-refractivity contribution in [3.05, 3.63) is 24.3 Å². The molecule has 24 heavy (non-hydrogen) atoms. The summed E-state index contributed by atoms with van der Waals surface area (Å²) in [7, 11) is -5.50. The minimum absolute atomic E-state index is 0.0733. The van der Waals surface area contributed by atoms with Gasteiger partial charge in [0.25, 0.3) is 9.84 Å². The third-order valence-electron chi connectivity index (χ3n) is 4.07. The Labute approximate surface area is 137 Å². The largest absolute Gasteiger partial charge is 0.501 e. The Bertz CT molecular complexity index is 713. The van der Waals surface area contributed by atoms with Crippen LogP contribution in [0.4, 0.5) is 18.9 Å². The zero-order valence-corrected chi connectivity index (χ0v) is 13.4. The fourth-order valence-electron chi connectivity index (χ4n) is 2.51. The zero-order valence-electron chi connectivity index (χ0n) is 12.6. The van der Waals surface area contributed by atoms with Crippen LogP contribution in [0.2, 0.25) is 0 Å². The molecule has 2 rings (SSSR count). The number of anilines is 1. The van der Waals surface area contributed by atoms with Crippen LogP contribution in [0, 0.1) is 5.41 Å². The summed E-state index contributed by atoms with van der Waals surface area (Å²) in [6.07, 6.45) is 0.618. The van der Waals surface area contributed by atoms with E-state index in [-0.39, 0.29) is 12.2 Å². The Kier molecular flexibility index (Phi) is 5.09. The summed E-state index contributed by atoms with van der Waals surface area (Å²) in [5, 5.41) is 2.65. The molecule has 0 aliphatic carbocycles. The van der Waals surface area contributed by atoms with Gasteiger partial charge in [-0.05, 0) is 25.0 Å². The minimum Gasteiger partial charge on any atom is -0.383 e. The van der Waals surface area contributed by atoms with Gasteiger partial charge in [0, 0.05) is 19.8 Å². The second-order valence-electron chi connectivity index (χ2n) is 5.56. The molecule has 1 aromatic carbocycles. The molecule has 1 aliphatic rings. The average molecular weight is 366 g/mol. The standard InChI is InChI=1S/C14H17F3N2O4S/c15-14(16,17)24(21,22)11-4-2-1-3-10(11)19-9-13(12(18)20)5-7-23-8-6-13/h1-4,19H,5-9H2,(H2,18,20). The predicted octanol–water partition coefficient (Wildman–Crippen LogP) is 1.67. The topological polar surface area (TPSA) is 98.5 Å². The summed E-state index contributed by atoms with van der Waals surface area (Å²) in [4.78, 5) is 10.9. The van der Waals surface area contributed by atoms with Crippen LogP contribution in [0.3, 0.4) is 0 Å². The van der Waals surface area contributed by atoms with E-state index in [4.69, 9.17) is 10.5 Å². The smallest absolute Gasteiger partial charge is 0.383 e. The van der Waals surface area contributed by atoms with Gasteiger partial charge in [-0.2, -0.15) is 13.2 Å². The molecule has 0 saturated carbocycles. The molecule has 6 nitrogen and oxygen atoms in total. The number of carbonyl (C=O) groups is 1. The van der Waals surface area contributed by atoms with E-state index in [9.17, 15) is 26.4 Å². The number of benzene rings is 1. The lowest BCUT2D eigenvalue weighted by Gasteiger charge is -2.34. The molecule has 1 amide bonds. The maximum Gasteiger partial charge on any atom is 0.501 e. The van der Waals surface area contributed by atoms with Crippen LogP contribution < -0.4 is 11.1 Å². The van der Waals surface area contributed by atoms with E-state index in [0.717, 1.165) is 6.07 Å². The number of rotatable bonds is 5. The quantitative estimate of drug-likeness (QED) is 0.826. The van der Waals surface area contributed by atoms with Crippen molar-refractivity contribution in [2.24, 2.45) is 11.1 Å². The van der Waals surface area contributed by atoms with Gasteiger partial charge in [-0.15, -0.1) is 0 Å². The summed E-state index contributed by atoms with van der Waals surface area (Å²) in [5.74, 6) is -0.602. The molecule has 1 aromatic rings. The zero-order chi connectivity index (χ0) is 18.0. The number of halogens is 3. The monoisotopic (exact) mass is 366 g/mol. The van der Waals surface area contributed by atoms with Crippen molar-refractivity contribution < 1.29 is 31.1 Å². The van der Waals surface area contributed by atoms with Crippen molar-refractivity contribution in [1.82, 2.24) is 0 Å². The first kappa shape index (κ1) is 18.5. The Morgan fingerprint density at radius 1 is 1.25 bits per heavy atom. The third kappa shape index (κ3) is 3.48. The molecule has 1 aliphatic heterocycles. The van der Waals surface area contributed by atoms with Gasteiger partial charge in [0.2, 0.25) is 5.91 Å². The summed E-state index contributed by atoms with van der Waals surface area (Å²) >= 11 is 0. The van der Waals surface area contributed by atoms with Gasteiger partial charge in [0.1, 0.15) is 0 Å². The van der Waals surface area contributed by atoms with Gasteiger partial charge in [0.15, 0.2) is 0 Å². The van der Waals surface area contributed by atoms with Gasteiger partial charge in [-0.1, -0.05) is 12.1 Å². The van der Waals surface area contributed by atoms with E-state index in [1.807, 2.05) is 0 Å². The van der Waals surface area contributed by atoms with Crippen LogP contribution in [-0.4, -0.2) is 39.6 Å². The lowest BCUT2D eigenvalue weighted by molar-refractivity contribution is -0.132. The van der Waals surface area contributed by atoms with Crippen LogP contribution >= 0.6 is 0 Å². The number of nitrogens with one attached hydrogen (secondary N) is 1. The number of nitrogens with two attached hydrogens (primary N) is 1. The Morgan fingerprint density at radius 3 is 2.38 bits per heavy atom. The van der Waals surface area contributed by atoms with Crippen molar-refractivity contribution in [3.8, 4) is 0 Å². The highest BCUT2D eigenvalue weighted by molar-refractivity contribution is 7.92. The minimum atomic E-state index is -5.50. The van der Waals surface area contributed by atoms with Gasteiger partial charge in [-0.25, -0.2) is 8.42 Å². The van der Waals surface area contributed by atoms with Crippen molar-refractivity contribution in [1.29, 1.82) is 0 Å². The lowest BCUT2D eigenvalue weighted by atomic mass is 9.79. The second-order valence-corrected chi connectivity index (χ2v) is 7.47. The summed E-state index contributed by atoms with van der Waals surface area (Å²) in [6.45, 7) is 0.524. The van der Waals surface area contributed by atoms with Crippen LogP contribution in [0.25, 0.3) is 0 Å². The lowest BCUT2D eigenvalue weighted by Crippen LogP contribution is -2.46. The first-order chi connectivity index (χ1) is 11.1. The first-order valence-electron chi connectivity index (χ1n) is 7.12. The fraction of sp³-hybridized carbons (Fsp3) is 0.500. The summed E-state index contributed by atoms with van der Waals surface area (Å²) in [6, 6.07) is 4.68. The third-order valence-corrected chi connectivity index (χ3v) is 5.62. The number of alkyl halides is 3. The van der Waals surface area contributed by atoms with E-state index < -0.39 is 31.6 Å². The van der Waals surface area contributed by atoms with Gasteiger partial charge >= 0.3 is 5.51 Å². The number of amides is 1. The number of sulfone groups is 1. The number of hydrogen-bond acceptors (Lipinski definition) is 5. The summed E-state index contributed by atoms with van der Waals surface area (Å²) < 4.78 is 66.9. The first-order valence-corrected chi connectivity index (χ1v) is 8.60. The number of ether oxygens (including phenoxy) is 1. The Balaban J connectivity index is 2.30. The van der Waals surface area contributed by atoms with Crippen LogP contribution in [-0.2, 0) is 19.4 Å². The molecule has 0 unspecified atom stereocenters. The Morgan fingerprint density at radius 2 is 1.83 bits per heavy atom. The van der Waals surface area contributed by atoms with E-state index in [1.54, 1.807) is 0 Å². The molecule has 1 heterocycles. The van der Waals surface area contributed by atoms with Crippen molar-refractivity contribution in [2.75, 3.05) is 25.1 Å². The molecule has 0 radical (unpaired) electrons. The maximum absolute atomic E-state index is 12.8. The van der Waals surface area contributed by atoms with Crippen LogP contribution in [0.5, 0.6) is 0 Å². The normalized spacial score (nSPS) is 18.1. The molecular weight excluding hydrogens is 349 g/mol. The maximum atomic E-state index is 12.8. The van der Waals surface area contributed by atoms with Crippen molar-refractivity contribution >= 4 is 21.4 Å². The SMILES string of the molecule is NC(=O)C1(CNc2ccccc2S(=O)(=O)C(F)(F)F)CCOCC1. The molecule has 10 heteroatoms. The summed E-state index contributed by atoms with van der Waals surface area (Å²) in [5.41, 5.74) is -1.20. The number of primary amides is 1. The molecule has 0 aromatic heterocycles. The van der Waals surface area contributed by atoms with Gasteiger partial charge in [0.05, 0.1) is 16.0 Å². The number of carbonyl (C=O) groups excluding carboxylic acids is 1. The molecule has 0 spiro atoms. The molecule has 1 fully saturated rings.